The molecule has 5 nitrogen and oxygen atoms in total. The highest BCUT2D eigenvalue weighted by atomic mass is 19.4. The Morgan fingerprint density at radius 3 is 2.56 bits per heavy atom. The molecule has 1 aromatic carbocycles. The summed E-state index contributed by atoms with van der Waals surface area (Å²) in [6.45, 7) is 4.87. The van der Waals surface area contributed by atoms with Gasteiger partial charge in [-0.2, -0.15) is 18.3 Å². The van der Waals surface area contributed by atoms with Gasteiger partial charge in [-0.15, -0.1) is 0 Å². The predicted molar refractivity (Wildman–Crippen MR) is 94.0 cm³/mol. The van der Waals surface area contributed by atoms with Gasteiger partial charge in [0.2, 0.25) is 0 Å². The number of pyridine rings is 1. The molecule has 8 heteroatoms. The van der Waals surface area contributed by atoms with Gasteiger partial charge in [-0.05, 0) is 37.6 Å². The smallest absolute Gasteiger partial charge is 0.417 e. The molecule has 27 heavy (non-hydrogen) atoms. The third kappa shape index (κ3) is 3.09. The first-order chi connectivity index (χ1) is 12.9. The van der Waals surface area contributed by atoms with Gasteiger partial charge in [0.1, 0.15) is 13.2 Å². The molecule has 142 valence electrons. The summed E-state index contributed by atoms with van der Waals surface area (Å²) < 4.78 is 53.8. The van der Waals surface area contributed by atoms with Crippen LogP contribution in [0.25, 0.3) is 22.3 Å². The van der Waals surface area contributed by atoms with Crippen LogP contribution in [0.2, 0.25) is 0 Å². The summed E-state index contributed by atoms with van der Waals surface area (Å²) in [6.07, 6.45) is -3.76. The van der Waals surface area contributed by atoms with E-state index in [0.29, 0.717) is 42.5 Å². The molecule has 0 aliphatic carbocycles. The number of rotatable bonds is 3. The van der Waals surface area contributed by atoms with Gasteiger partial charge in [-0.3, -0.25) is 0 Å². The molecule has 3 aromatic rings. The number of hydrogen-bond donors (Lipinski definition) is 0. The molecule has 0 N–H and O–H groups in total. The molecule has 4 rings (SSSR count). The number of aromatic nitrogens is 3. The fourth-order valence-corrected chi connectivity index (χ4v) is 3.30. The van der Waals surface area contributed by atoms with Gasteiger partial charge in [0.25, 0.3) is 0 Å². The Labute approximate surface area is 153 Å². The normalized spacial score (nSPS) is 14.0. The highest BCUT2D eigenvalue weighted by Gasteiger charge is 2.35. The predicted octanol–water partition coefficient (Wildman–Crippen LogP) is 4.61. The lowest BCUT2D eigenvalue weighted by molar-refractivity contribution is -0.136. The van der Waals surface area contributed by atoms with Crippen LogP contribution in [0.1, 0.15) is 24.6 Å². The van der Waals surface area contributed by atoms with Gasteiger partial charge < -0.3 is 9.47 Å². The molecule has 0 unspecified atom stereocenters. The van der Waals surface area contributed by atoms with Crippen LogP contribution in [0.15, 0.2) is 24.3 Å². The van der Waals surface area contributed by atoms with Crippen molar-refractivity contribution in [1.82, 2.24) is 14.8 Å². The molecule has 0 radical (unpaired) electrons. The lowest BCUT2D eigenvalue weighted by Gasteiger charge is -2.19. The van der Waals surface area contributed by atoms with Gasteiger partial charge in [-0.25, -0.2) is 9.67 Å². The second kappa shape index (κ2) is 6.44. The molecule has 0 atom stereocenters. The number of aryl methyl sites for hydroxylation is 2. The highest BCUT2D eigenvalue weighted by molar-refractivity contribution is 5.86. The van der Waals surface area contributed by atoms with E-state index in [4.69, 9.17) is 9.47 Å². The number of alkyl halides is 3. The monoisotopic (exact) mass is 377 g/mol. The molecule has 0 saturated heterocycles. The van der Waals surface area contributed by atoms with Crippen molar-refractivity contribution in [3.63, 3.8) is 0 Å². The van der Waals surface area contributed by atoms with Crippen molar-refractivity contribution < 1.29 is 22.6 Å². The Bertz CT molecular complexity index is 1010. The quantitative estimate of drug-likeness (QED) is 0.669. The molecule has 1 aliphatic rings. The summed E-state index contributed by atoms with van der Waals surface area (Å²) >= 11 is 0. The average Bonchev–Trinajstić information content (AvgIpc) is 2.96. The average molecular weight is 377 g/mol. The second-order valence-corrected chi connectivity index (χ2v) is 6.42. The summed E-state index contributed by atoms with van der Waals surface area (Å²) in [5.41, 5.74) is 0.607. The van der Waals surface area contributed by atoms with Crippen LogP contribution in [0.5, 0.6) is 11.5 Å². The zero-order chi connectivity index (χ0) is 19.2. The molecular formula is C19H18F3N3O2. The van der Waals surface area contributed by atoms with Gasteiger partial charge in [0.15, 0.2) is 17.1 Å². The summed E-state index contributed by atoms with van der Waals surface area (Å²) in [6, 6.07) is 6.13. The molecule has 0 saturated carbocycles. The maximum absolute atomic E-state index is 13.8. The molecule has 0 amide bonds. The van der Waals surface area contributed by atoms with Crippen LogP contribution >= 0.6 is 0 Å². The minimum absolute atomic E-state index is 0.0530. The van der Waals surface area contributed by atoms with Crippen LogP contribution in [0.4, 0.5) is 13.2 Å². The van der Waals surface area contributed by atoms with Crippen molar-refractivity contribution in [3.8, 4) is 22.8 Å². The van der Waals surface area contributed by atoms with E-state index in [0.717, 1.165) is 12.5 Å². The zero-order valence-electron chi connectivity index (χ0n) is 14.9. The molecule has 0 bridgehead atoms. The topological polar surface area (TPSA) is 49.2 Å². The SMILES string of the molecule is CCCn1nc(C)c2c(C(F)(F)F)cc(-c3ccc4c(c3)OCCO4)nc21. The maximum Gasteiger partial charge on any atom is 0.417 e. The van der Waals surface area contributed by atoms with Crippen molar-refractivity contribution >= 4 is 11.0 Å². The van der Waals surface area contributed by atoms with Crippen molar-refractivity contribution in [1.29, 1.82) is 0 Å². The summed E-state index contributed by atoms with van der Waals surface area (Å²) in [5, 5.41) is 4.32. The van der Waals surface area contributed by atoms with E-state index in [1.54, 1.807) is 29.8 Å². The van der Waals surface area contributed by atoms with Gasteiger partial charge >= 0.3 is 6.18 Å². The summed E-state index contributed by atoms with van der Waals surface area (Å²) in [5.74, 6) is 1.08. The van der Waals surface area contributed by atoms with Crippen molar-refractivity contribution in [2.75, 3.05) is 13.2 Å². The lowest BCUT2D eigenvalue weighted by Crippen LogP contribution is -2.15. The lowest BCUT2D eigenvalue weighted by atomic mass is 10.0. The van der Waals surface area contributed by atoms with Crippen LogP contribution in [-0.4, -0.2) is 28.0 Å². The molecule has 2 aromatic heterocycles. The standard InChI is InChI=1S/C19H18F3N3O2/c1-3-6-25-18-17(11(2)24-25)13(19(20,21)22)10-14(23-18)12-4-5-15-16(9-12)27-8-7-26-15/h4-5,9-10H,3,6-8H2,1-2H3. The van der Waals surface area contributed by atoms with E-state index < -0.39 is 11.7 Å². The Kier molecular flexibility index (Phi) is 4.20. The number of halogens is 3. The highest BCUT2D eigenvalue weighted by Crippen LogP contribution is 2.40. The molecule has 1 aliphatic heterocycles. The number of nitrogens with zero attached hydrogens (tertiary/aromatic N) is 3. The molecule has 0 fully saturated rings. The summed E-state index contributed by atoms with van der Waals surface area (Å²) in [4.78, 5) is 4.51. The van der Waals surface area contributed by atoms with Crippen molar-refractivity contribution in [2.45, 2.75) is 33.0 Å². The van der Waals surface area contributed by atoms with E-state index >= 15 is 0 Å². The largest absolute Gasteiger partial charge is 0.486 e. The molecule has 0 spiro atoms. The summed E-state index contributed by atoms with van der Waals surface area (Å²) in [7, 11) is 0. The third-order valence-corrected chi connectivity index (χ3v) is 4.46. The Hall–Kier alpha value is -2.77. The van der Waals surface area contributed by atoms with Crippen LogP contribution < -0.4 is 9.47 Å². The van der Waals surface area contributed by atoms with E-state index in [9.17, 15) is 13.2 Å². The van der Waals surface area contributed by atoms with E-state index in [2.05, 4.69) is 10.1 Å². The van der Waals surface area contributed by atoms with Crippen molar-refractivity contribution in [2.24, 2.45) is 0 Å². The van der Waals surface area contributed by atoms with Gasteiger partial charge in [0.05, 0.1) is 22.3 Å². The van der Waals surface area contributed by atoms with Crippen LogP contribution in [-0.2, 0) is 12.7 Å². The van der Waals surface area contributed by atoms with E-state index in [1.165, 1.54) is 0 Å². The fraction of sp³-hybridized carbons (Fsp3) is 0.368. The van der Waals surface area contributed by atoms with Crippen LogP contribution in [0.3, 0.4) is 0 Å². The first kappa shape index (κ1) is 17.6. The van der Waals surface area contributed by atoms with E-state index in [-0.39, 0.29) is 16.7 Å². The second-order valence-electron chi connectivity index (χ2n) is 6.42. The Balaban J connectivity index is 1.94. The Morgan fingerprint density at radius 2 is 1.85 bits per heavy atom. The minimum atomic E-state index is -4.51. The van der Waals surface area contributed by atoms with Gasteiger partial charge in [-0.1, -0.05) is 6.92 Å². The number of fused-ring (bicyclic) bond motifs is 2. The Morgan fingerprint density at radius 1 is 1.11 bits per heavy atom. The van der Waals surface area contributed by atoms with E-state index in [1.807, 2.05) is 6.92 Å². The first-order valence-corrected chi connectivity index (χ1v) is 8.74. The number of ether oxygens (including phenoxy) is 2. The zero-order valence-corrected chi connectivity index (χ0v) is 14.9. The van der Waals surface area contributed by atoms with Crippen LogP contribution in [0, 0.1) is 6.92 Å². The first-order valence-electron chi connectivity index (χ1n) is 8.74. The fourth-order valence-electron chi connectivity index (χ4n) is 3.30. The molecule has 3 heterocycles. The van der Waals surface area contributed by atoms with Gasteiger partial charge in [0, 0.05) is 12.1 Å². The number of benzene rings is 1. The van der Waals surface area contributed by atoms with Crippen molar-refractivity contribution in [3.05, 3.63) is 35.5 Å². The minimum Gasteiger partial charge on any atom is -0.486 e. The molecular weight excluding hydrogens is 359 g/mol. The maximum atomic E-state index is 13.8. The number of hydrogen-bond acceptors (Lipinski definition) is 4. The third-order valence-electron chi connectivity index (χ3n) is 4.46.